The van der Waals surface area contributed by atoms with Crippen molar-refractivity contribution in [3.05, 3.63) is 29.8 Å². The summed E-state index contributed by atoms with van der Waals surface area (Å²) in [4.78, 5) is 14.2. The maximum absolute atomic E-state index is 12.3. The van der Waals surface area contributed by atoms with Gasteiger partial charge in [-0.25, -0.2) is 4.79 Å². The summed E-state index contributed by atoms with van der Waals surface area (Å²) >= 11 is 0. The number of anilines is 1. The number of amides is 2. The van der Waals surface area contributed by atoms with E-state index in [1.54, 1.807) is 0 Å². The van der Waals surface area contributed by atoms with E-state index in [0.717, 1.165) is 37.2 Å². The van der Waals surface area contributed by atoms with Gasteiger partial charge in [0.15, 0.2) is 0 Å². The standard InChI is InChI=1S/C17H22N2O2/c1-3-10-21-13-15-7-5-9-19(12-15)17(20)18-16-8-4-6-14(2)11-16/h1,4,6,8,11,15H,5,7,9-10,12-13H2,2H3,(H,18,20). The Bertz CT molecular complexity index is 522. The van der Waals surface area contributed by atoms with Crippen molar-refractivity contribution in [3.8, 4) is 12.3 Å². The second-order valence-corrected chi connectivity index (χ2v) is 5.47. The van der Waals surface area contributed by atoms with Gasteiger partial charge in [0.2, 0.25) is 0 Å². The molecule has 1 aliphatic heterocycles. The summed E-state index contributed by atoms with van der Waals surface area (Å²) < 4.78 is 5.39. The first-order valence-corrected chi connectivity index (χ1v) is 7.33. The van der Waals surface area contributed by atoms with Crippen LogP contribution in [-0.4, -0.2) is 37.2 Å². The smallest absolute Gasteiger partial charge is 0.321 e. The molecule has 1 aromatic rings. The number of piperidine rings is 1. The van der Waals surface area contributed by atoms with E-state index in [4.69, 9.17) is 11.2 Å². The summed E-state index contributed by atoms with van der Waals surface area (Å²) in [6.45, 7) is 4.49. The molecular weight excluding hydrogens is 264 g/mol. The Kier molecular flexibility index (Phi) is 5.65. The van der Waals surface area contributed by atoms with Gasteiger partial charge in [-0.2, -0.15) is 0 Å². The Morgan fingerprint density at radius 2 is 2.43 bits per heavy atom. The number of nitrogens with one attached hydrogen (secondary N) is 1. The first-order valence-electron chi connectivity index (χ1n) is 7.33. The van der Waals surface area contributed by atoms with E-state index in [1.165, 1.54) is 0 Å². The normalized spacial score (nSPS) is 18.1. The van der Waals surface area contributed by atoms with Crippen LogP contribution in [0.25, 0.3) is 0 Å². The van der Waals surface area contributed by atoms with Crippen LogP contribution in [0.15, 0.2) is 24.3 Å². The summed E-state index contributed by atoms with van der Waals surface area (Å²) in [5.74, 6) is 2.83. The van der Waals surface area contributed by atoms with E-state index < -0.39 is 0 Å². The van der Waals surface area contributed by atoms with Crippen molar-refractivity contribution in [2.75, 3.05) is 31.6 Å². The zero-order valence-corrected chi connectivity index (χ0v) is 12.5. The first kappa shape index (κ1) is 15.4. The van der Waals surface area contributed by atoms with E-state index in [1.807, 2.05) is 36.1 Å². The molecule has 2 amide bonds. The van der Waals surface area contributed by atoms with Gasteiger partial charge in [0, 0.05) is 24.7 Å². The number of likely N-dealkylation sites (tertiary alicyclic amines) is 1. The molecule has 1 saturated heterocycles. The zero-order chi connectivity index (χ0) is 15.1. The molecule has 1 unspecified atom stereocenters. The number of ether oxygens (including phenoxy) is 1. The molecule has 1 aromatic carbocycles. The minimum absolute atomic E-state index is 0.0396. The Morgan fingerprint density at radius 3 is 3.19 bits per heavy atom. The third-order valence-electron chi connectivity index (χ3n) is 3.61. The summed E-state index contributed by atoms with van der Waals surface area (Å²) in [7, 11) is 0. The number of nitrogens with zero attached hydrogens (tertiary/aromatic N) is 1. The van der Waals surface area contributed by atoms with Gasteiger partial charge in [0.25, 0.3) is 0 Å². The topological polar surface area (TPSA) is 41.6 Å². The monoisotopic (exact) mass is 286 g/mol. The van der Waals surface area contributed by atoms with Gasteiger partial charge >= 0.3 is 6.03 Å². The number of aryl methyl sites for hydroxylation is 1. The lowest BCUT2D eigenvalue weighted by atomic mass is 9.99. The summed E-state index contributed by atoms with van der Waals surface area (Å²) in [5, 5.41) is 2.95. The van der Waals surface area contributed by atoms with Crippen molar-refractivity contribution in [2.24, 2.45) is 5.92 Å². The van der Waals surface area contributed by atoms with Crippen LogP contribution in [0.5, 0.6) is 0 Å². The molecule has 0 bridgehead atoms. The molecule has 1 aliphatic rings. The molecule has 1 fully saturated rings. The molecule has 0 aromatic heterocycles. The van der Waals surface area contributed by atoms with Gasteiger partial charge in [-0.1, -0.05) is 18.1 Å². The van der Waals surface area contributed by atoms with E-state index in [9.17, 15) is 4.79 Å². The number of hydrogen-bond acceptors (Lipinski definition) is 2. The van der Waals surface area contributed by atoms with Crippen molar-refractivity contribution < 1.29 is 9.53 Å². The largest absolute Gasteiger partial charge is 0.368 e. The van der Waals surface area contributed by atoms with Crippen LogP contribution in [0.3, 0.4) is 0 Å². The van der Waals surface area contributed by atoms with Crippen LogP contribution >= 0.6 is 0 Å². The molecule has 1 heterocycles. The molecule has 0 aliphatic carbocycles. The van der Waals surface area contributed by atoms with Gasteiger partial charge in [-0.05, 0) is 37.5 Å². The van der Waals surface area contributed by atoms with E-state index in [-0.39, 0.29) is 6.03 Å². The number of urea groups is 1. The Labute approximate surface area is 126 Å². The Hall–Kier alpha value is -1.99. The van der Waals surface area contributed by atoms with Gasteiger partial charge in [-0.3, -0.25) is 0 Å². The number of carbonyl (C=O) groups excluding carboxylic acids is 1. The maximum atomic E-state index is 12.3. The second-order valence-electron chi connectivity index (χ2n) is 5.47. The highest BCUT2D eigenvalue weighted by atomic mass is 16.5. The van der Waals surface area contributed by atoms with Crippen LogP contribution in [0, 0.1) is 25.2 Å². The van der Waals surface area contributed by atoms with E-state index in [2.05, 4.69) is 11.2 Å². The highest BCUT2D eigenvalue weighted by molar-refractivity contribution is 5.89. The van der Waals surface area contributed by atoms with Crippen LogP contribution in [0.4, 0.5) is 10.5 Å². The molecule has 1 atom stereocenters. The third-order valence-corrected chi connectivity index (χ3v) is 3.61. The van der Waals surface area contributed by atoms with Gasteiger partial charge in [0.1, 0.15) is 6.61 Å². The quantitative estimate of drug-likeness (QED) is 0.683. The molecule has 4 nitrogen and oxygen atoms in total. The van der Waals surface area contributed by atoms with E-state index >= 15 is 0 Å². The van der Waals surface area contributed by atoms with Gasteiger partial charge < -0.3 is 15.0 Å². The predicted octanol–water partition coefficient (Wildman–Crippen LogP) is 2.89. The average Bonchev–Trinajstić information content (AvgIpc) is 2.48. The highest BCUT2D eigenvalue weighted by Gasteiger charge is 2.23. The predicted molar refractivity (Wildman–Crippen MR) is 84.1 cm³/mol. The van der Waals surface area contributed by atoms with Crippen LogP contribution in [0.2, 0.25) is 0 Å². The summed E-state index contributed by atoms with van der Waals surface area (Å²) in [5.41, 5.74) is 1.97. The lowest BCUT2D eigenvalue weighted by Gasteiger charge is -2.32. The number of carbonyl (C=O) groups is 1. The fourth-order valence-corrected chi connectivity index (χ4v) is 2.60. The highest BCUT2D eigenvalue weighted by Crippen LogP contribution is 2.18. The summed E-state index contributed by atoms with van der Waals surface area (Å²) in [6, 6.07) is 7.78. The SMILES string of the molecule is C#CCOCC1CCCN(C(=O)Nc2cccc(C)c2)C1. The maximum Gasteiger partial charge on any atom is 0.321 e. The fraction of sp³-hybridized carbons (Fsp3) is 0.471. The van der Waals surface area contributed by atoms with Crippen molar-refractivity contribution in [3.63, 3.8) is 0 Å². The van der Waals surface area contributed by atoms with E-state index in [0.29, 0.717) is 19.1 Å². The average molecular weight is 286 g/mol. The first-order chi connectivity index (χ1) is 10.2. The molecule has 4 heteroatoms. The molecule has 1 N–H and O–H groups in total. The third kappa shape index (κ3) is 4.80. The second kappa shape index (κ2) is 7.70. The molecule has 0 spiro atoms. The molecule has 21 heavy (non-hydrogen) atoms. The minimum atomic E-state index is -0.0396. The molecule has 112 valence electrons. The number of rotatable bonds is 4. The van der Waals surface area contributed by atoms with Crippen LogP contribution in [-0.2, 0) is 4.74 Å². The van der Waals surface area contributed by atoms with Crippen LogP contribution < -0.4 is 5.32 Å². The molecule has 0 radical (unpaired) electrons. The van der Waals surface area contributed by atoms with Crippen molar-refractivity contribution in [1.29, 1.82) is 0 Å². The van der Waals surface area contributed by atoms with Crippen LogP contribution in [0.1, 0.15) is 18.4 Å². The zero-order valence-electron chi connectivity index (χ0n) is 12.5. The molecule has 0 saturated carbocycles. The fourth-order valence-electron chi connectivity index (χ4n) is 2.60. The number of terminal acetylenes is 1. The Morgan fingerprint density at radius 1 is 1.57 bits per heavy atom. The Balaban J connectivity index is 1.85. The minimum Gasteiger partial charge on any atom is -0.368 e. The number of benzene rings is 1. The van der Waals surface area contributed by atoms with Crippen molar-refractivity contribution >= 4 is 11.7 Å². The van der Waals surface area contributed by atoms with Gasteiger partial charge in [-0.15, -0.1) is 6.42 Å². The van der Waals surface area contributed by atoms with Crippen molar-refractivity contribution in [2.45, 2.75) is 19.8 Å². The summed E-state index contributed by atoms with van der Waals surface area (Å²) in [6.07, 6.45) is 7.26. The molecular formula is C17H22N2O2. The van der Waals surface area contributed by atoms with Crippen molar-refractivity contribution in [1.82, 2.24) is 4.90 Å². The lowest BCUT2D eigenvalue weighted by molar-refractivity contribution is 0.0883. The lowest BCUT2D eigenvalue weighted by Crippen LogP contribution is -2.43. The van der Waals surface area contributed by atoms with Gasteiger partial charge in [0.05, 0.1) is 6.61 Å². The number of hydrogen-bond donors (Lipinski definition) is 1. The molecule has 2 rings (SSSR count).